The van der Waals surface area contributed by atoms with Crippen molar-refractivity contribution in [2.24, 2.45) is 11.7 Å². The van der Waals surface area contributed by atoms with Gasteiger partial charge in [0.25, 0.3) is 0 Å². The SMILES string of the molecule is CC(N)(c1cccc(Cl)c1)C1CCOC2(CCC2)C1. The van der Waals surface area contributed by atoms with E-state index in [2.05, 4.69) is 13.0 Å². The molecular formula is C16H22ClNO. The van der Waals surface area contributed by atoms with Gasteiger partial charge in [0, 0.05) is 17.2 Å². The first-order valence-electron chi connectivity index (χ1n) is 7.21. The molecule has 2 fully saturated rings. The summed E-state index contributed by atoms with van der Waals surface area (Å²) in [6.45, 7) is 2.99. The summed E-state index contributed by atoms with van der Waals surface area (Å²) >= 11 is 6.10. The van der Waals surface area contributed by atoms with E-state index in [-0.39, 0.29) is 11.1 Å². The number of halogens is 1. The zero-order valence-electron chi connectivity index (χ0n) is 11.5. The third-order valence-electron chi connectivity index (χ3n) is 5.05. The van der Waals surface area contributed by atoms with Crippen LogP contribution in [0.3, 0.4) is 0 Å². The highest BCUT2D eigenvalue weighted by atomic mass is 35.5. The van der Waals surface area contributed by atoms with Crippen LogP contribution >= 0.6 is 11.6 Å². The quantitative estimate of drug-likeness (QED) is 0.892. The zero-order valence-corrected chi connectivity index (χ0v) is 12.2. The second-order valence-electron chi connectivity index (χ2n) is 6.37. The highest BCUT2D eigenvalue weighted by Crippen LogP contribution is 2.48. The second kappa shape index (κ2) is 4.76. The summed E-state index contributed by atoms with van der Waals surface area (Å²) in [5.41, 5.74) is 7.63. The van der Waals surface area contributed by atoms with Crippen LogP contribution < -0.4 is 5.73 Å². The van der Waals surface area contributed by atoms with Crippen LogP contribution in [-0.2, 0) is 10.3 Å². The largest absolute Gasteiger partial charge is 0.375 e. The molecule has 1 aromatic carbocycles. The average Bonchev–Trinajstić information content (AvgIpc) is 2.37. The van der Waals surface area contributed by atoms with E-state index >= 15 is 0 Å². The van der Waals surface area contributed by atoms with Crippen molar-refractivity contribution in [1.82, 2.24) is 0 Å². The van der Waals surface area contributed by atoms with Gasteiger partial charge in [0.15, 0.2) is 0 Å². The maximum Gasteiger partial charge on any atom is 0.0686 e. The van der Waals surface area contributed by atoms with Gasteiger partial charge < -0.3 is 10.5 Å². The van der Waals surface area contributed by atoms with Crippen LogP contribution in [0.5, 0.6) is 0 Å². The van der Waals surface area contributed by atoms with Crippen LogP contribution in [0.1, 0.15) is 44.6 Å². The van der Waals surface area contributed by atoms with Gasteiger partial charge in [0.1, 0.15) is 0 Å². The lowest BCUT2D eigenvalue weighted by atomic mass is 9.66. The van der Waals surface area contributed by atoms with Crippen molar-refractivity contribution in [1.29, 1.82) is 0 Å². The van der Waals surface area contributed by atoms with Crippen molar-refractivity contribution in [3.05, 3.63) is 34.9 Å². The Morgan fingerprint density at radius 2 is 2.21 bits per heavy atom. The number of hydrogen-bond donors (Lipinski definition) is 1. The summed E-state index contributed by atoms with van der Waals surface area (Å²) in [5, 5.41) is 0.764. The number of ether oxygens (including phenoxy) is 1. The van der Waals surface area contributed by atoms with Crippen LogP contribution in [0.25, 0.3) is 0 Å². The Kier molecular flexibility index (Phi) is 3.36. The molecule has 2 atom stereocenters. The zero-order chi connectivity index (χ0) is 13.5. The topological polar surface area (TPSA) is 35.2 Å². The monoisotopic (exact) mass is 279 g/mol. The van der Waals surface area contributed by atoms with Gasteiger partial charge in [-0.05, 0) is 62.6 Å². The molecule has 1 aliphatic carbocycles. The summed E-state index contributed by atoms with van der Waals surface area (Å²) in [7, 11) is 0. The van der Waals surface area contributed by atoms with Gasteiger partial charge in [-0.3, -0.25) is 0 Å². The molecule has 0 bridgehead atoms. The first-order chi connectivity index (χ1) is 9.02. The van der Waals surface area contributed by atoms with E-state index in [0.29, 0.717) is 5.92 Å². The van der Waals surface area contributed by atoms with E-state index in [1.165, 1.54) is 19.3 Å². The van der Waals surface area contributed by atoms with Gasteiger partial charge in [-0.25, -0.2) is 0 Å². The third kappa shape index (κ3) is 2.42. The Balaban J connectivity index is 1.83. The van der Waals surface area contributed by atoms with Gasteiger partial charge in [0.05, 0.1) is 5.60 Å². The van der Waals surface area contributed by atoms with Gasteiger partial charge in [-0.2, -0.15) is 0 Å². The first kappa shape index (κ1) is 13.4. The molecule has 19 heavy (non-hydrogen) atoms. The van der Waals surface area contributed by atoms with Crippen LogP contribution in [-0.4, -0.2) is 12.2 Å². The highest BCUT2D eigenvalue weighted by Gasteiger charge is 2.46. The van der Waals surface area contributed by atoms with E-state index in [9.17, 15) is 0 Å². The molecule has 2 aliphatic rings. The van der Waals surface area contributed by atoms with Crippen molar-refractivity contribution in [3.63, 3.8) is 0 Å². The average molecular weight is 280 g/mol. The number of hydrogen-bond acceptors (Lipinski definition) is 2. The van der Waals surface area contributed by atoms with Gasteiger partial charge in [-0.15, -0.1) is 0 Å². The molecule has 0 radical (unpaired) electrons. The third-order valence-corrected chi connectivity index (χ3v) is 5.29. The molecule has 1 saturated heterocycles. The smallest absolute Gasteiger partial charge is 0.0686 e. The number of benzene rings is 1. The molecule has 0 aromatic heterocycles. The molecule has 1 heterocycles. The van der Waals surface area contributed by atoms with Gasteiger partial charge in [0.2, 0.25) is 0 Å². The predicted octanol–water partition coefficient (Wildman–Crippen LogP) is 3.86. The summed E-state index contributed by atoms with van der Waals surface area (Å²) in [6, 6.07) is 7.99. The van der Waals surface area contributed by atoms with Crippen LogP contribution in [0.2, 0.25) is 5.02 Å². The molecule has 2 N–H and O–H groups in total. The molecule has 3 rings (SSSR count). The predicted molar refractivity (Wildman–Crippen MR) is 78.2 cm³/mol. The Morgan fingerprint density at radius 3 is 2.84 bits per heavy atom. The van der Waals surface area contributed by atoms with Gasteiger partial charge >= 0.3 is 0 Å². The molecule has 1 spiro atoms. The maximum absolute atomic E-state index is 6.67. The van der Waals surface area contributed by atoms with E-state index < -0.39 is 0 Å². The van der Waals surface area contributed by atoms with Crippen molar-refractivity contribution >= 4 is 11.6 Å². The molecule has 104 valence electrons. The van der Waals surface area contributed by atoms with E-state index in [1.54, 1.807) is 0 Å². The van der Waals surface area contributed by atoms with Crippen molar-refractivity contribution in [3.8, 4) is 0 Å². The maximum atomic E-state index is 6.67. The van der Waals surface area contributed by atoms with E-state index in [4.69, 9.17) is 22.1 Å². The lowest BCUT2D eigenvalue weighted by molar-refractivity contribution is -0.151. The number of rotatable bonds is 2. The molecule has 2 nitrogen and oxygen atoms in total. The molecule has 1 aliphatic heterocycles. The van der Waals surface area contributed by atoms with E-state index in [0.717, 1.165) is 30.0 Å². The fourth-order valence-electron chi connectivity index (χ4n) is 3.52. The first-order valence-corrected chi connectivity index (χ1v) is 7.59. The fourth-order valence-corrected chi connectivity index (χ4v) is 3.71. The molecule has 3 heteroatoms. The van der Waals surface area contributed by atoms with Crippen LogP contribution in [0.15, 0.2) is 24.3 Å². The minimum Gasteiger partial charge on any atom is -0.375 e. The van der Waals surface area contributed by atoms with Crippen LogP contribution in [0, 0.1) is 5.92 Å². The Bertz CT molecular complexity index is 468. The minimum absolute atomic E-state index is 0.141. The highest BCUT2D eigenvalue weighted by molar-refractivity contribution is 6.30. The molecule has 0 amide bonds. The van der Waals surface area contributed by atoms with Gasteiger partial charge in [-0.1, -0.05) is 23.7 Å². The number of nitrogens with two attached hydrogens (primary N) is 1. The summed E-state index contributed by atoms with van der Waals surface area (Å²) in [5.74, 6) is 0.472. The summed E-state index contributed by atoms with van der Waals surface area (Å²) < 4.78 is 6.00. The second-order valence-corrected chi connectivity index (χ2v) is 6.80. The molecule has 1 aromatic rings. The Labute approximate surface area is 120 Å². The molecule has 1 saturated carbocycles. The molecule has 2 unspecified atom stereocenters. The standard InChI is InChI=1S/C16H22ClNO/c1-15(18,12-4-2-5-14(17)10-12)13-6-9-19-16(11-13)7-3-8-16/h2,4-5,10,13H,3,6-9,11,18H2,1H3. The van der Waals surface area contributed by atoms with Crippen molar-refractivity contribution in [2.75, 3.05) is 6.61 Å². The normalized spacial score (nSPS) is 28.7. The molecular weight excluding hydrogens is 258 g/mol. The summed E-state index contributed by atoms with van der Waals surface area (Å²) in [4.78, 5) is 0. The minimum atomic E-state index is -0.322. The Morgan fingerprint density at radius 1 is 1.42 bits per heavy atom. The van der Waals surface area contributed by atoms with Crippen LogP contribution in [0.4, 0.5) is 0 Å². The van der Waals surface area contributed by atoms with E-state index in [1.807, 2.05) is 18.2 Å². The lowest BCUT2D eigenvalue weighted by Crippen LogP contribution is -2.52. The summed E-state index contributed by atoms with van der Waals surface area (Å²) in [6.07, 6.45) is 5.84. The fraction of sp³-hybridized carbons (Fsp3) is 0.625. The van der Waals surface area contributed by atoms with Crippen molar-refractivity contribution < 1.29 is 4.74 Å². The Hall–Kier alpha value is -0.570. The lowest BCUT2D eigenvalue weighted by Gasteiger charge is -2.50. The van der Waals surface area contributed by atoms with Crippen molar-refractivity contribution in [2.45, 2.75) is 50.2 Å².